The first-order valence-electron chi connectivity index (χ1n) is 9.43. The summed E-state index contributed by atoms with van der Waals surface area (Å²) in [5.41, 5.74) is 2.08. The molecule has 0 aliphatic heterocycles. The van der Waals surface area contributed by atoms with E-state index < -0.39 is 5.91 Å². The van der Waals surface area contributed by atoms with Crippen molar-refractivity contribution in [2.24, 2.45) is 0 Å². The average molecular weight is 658 g/mol. The van der Waals surface area contributed by atoms with E-state index in [1.165, 1.54) is 6.08 Å². The Kier molecular flexibility index (Phi) is 9.03. The van der Waals surface area contributed by atoms with E-state index in [9.17, 15) is 10.1 Å². The van der Waals surface area contributed by atoms with Crippen LogP contribution < -0.4 is 14.8 Å². The van der Waals surface area contributed by atoms with Gasteiger partial charge in [0.15, 0.2) is 0 Å². The summed E-state index contributed by atoms with van der Waals surface area (Å²) >= 11 is 17.7. The molecule has 0 aromatic heterocycles. The Hall–Kier alpha value is -2.25. The summed E-state index contributed by atoms with van der Waals surface area (Å²) in [6, 6.07) is 17.7. The van der Waals surface area contributed by atoms with Crippen LogP contribution in [0.3, 0.4) is 0 Å². The monoisotopic (exact) mass is 656 g/mol. The van der Waals surface area contributed by atoms with Crippen molar-refractivity contribution in [1.29, 1.82) is 5.26 Å². The molecule has 1 amide bonds. The fourth-order valence-corrected chi connectivity index (χ4v) is 4.86. The number of carbonyl (C=O) groups is 1. The maximum absolute atomic E-state index is 12.6. The lowest BCUT2D eigenvalue weighted by molar-refractivity contribution is -0.112. The highest BCUT2D eigenvalue weighted by atomic mass is 127. The third-order valence-corrected chi connectivity index (χ3v) is 6.54. The van der Waals surface area contributed by atoms with Gasteiger partial charge >= 0.3 is 0 Å². The zero-order chi connectivity index (χ0) is 24.0. The van der Waals surface area contributed by atoms with E-state index in [1.54, 1.807) is 49.6 Å². The SMILES string of the molecule is COc1ccc(NC(=O)/C(C#N)=C\c2cc(Br)c(OCc3ccc(Cl)c(Cl)c3)c(I)c2)cc1. The van der Waals surface area contributed by atoms with Crippen LogP contribution in [-0.4, -0.2) is 13.0 Å². The number of benzene rings is 3. The molecule has 168 valence electrons. The van der Waals surface area contributed by atoms with E-state index in [0.717, 1.165) is 9.13 Å². The molecule has 0 heterocycles. The molecule has 3 rings (SSSR count). The second-order valence-electron chi connectivity index (χ2n) is 6.70. The zero-order valence-corrected chi connectivity index (χ0v) is 22.4. The second kappa shape index (κ2) is 11.7. The number of amides is 1. The predicted octanol–water partition coefficient (Wildman–Crippen LogP) is 7.49. The van der Waals surface area contributed by atoms with E-state index in [1.807, 2.05) is 18.2 Å². The molecule has 0 unspecified atom stereocenters. The zero-order valence-electron chi connectivity index (χ0n) is 17.2. The van der Waals surface area contributed by atoms with E-state index in [-0.39, 0.29) is 5.57 Å². The van der Waals surface area contributed by atoms with E-state index in [0.29, 0.717) is 43.9 Å². The smallest absolute Gasteiger partial charge is 0.266 e. The number of halogens is 4. The highest BCUT2D eigenvalue weighted by Crippen LogP contribution is 2.34. The molecule has 0 aliphatic rings. The lowest BCUT2D eigenvalue weighted by Gasteiger charge is -2.12. The maximum atomic E-state index is 12.6. The molecule has 3 aromatic rings. The van der Waals surface area contributed by atoms with Gasteiger partial charge in [-0.15, -0.1) is 0 Å². The third kappa shape index (κ3) is 6.87. The van der Waals surface area contributed by atoms with Gasteiger partial charge in [0.05, 0.1) is 25.2 Å². The van der Waals surface area contributed by atoms with Crippen LogP contribution in [0, 0.1) is 14.9 Å². The molecule has 0 saturated heterocycles. The van der Waals surface area contributed by atoms with Crippen molar-refractivity contribution < 1.29 is 14.3 Å². The molecule has 5 nitrogen and oxygen atoms in total. The Morgan fingerprint density at radius 3 is 2.48 bits per heavy atom. The van der Waals surface area contributed by atoms with Gasteiger partial charge in [0, 0.05) is 5.69 Å². The predicted molar refractivity (Wildman–Crippen MR) is 143 cm³/mol. The van der Waals surface area contributed by atoms with Crippen molar-refractivity contribution in [2.75, 3.05) is 12.4 Å². The summed E-state index contributed by atoms with van der Waals surface area (Å²) in [6.45, 7) is 0.300. The minimum absolute atomic E-state index is 0.0296. The number of nitrogens with zero attached hydrogens (tertiary/aromatic N) is 1. The first-order valence-corrected chi connectivity index (χ1v) is 12.1. The number of ether oxygens (including phenoxy) is 2. The molecule has 0 saturated carbocycles. The van der Waals surface area contributed by atoms with Crippen LogP contribution in [0.5, 0.6) is 11.5 Å². The van der Waals surface area contributed by atoms with Gasteiger partial charge in [-0.1, -0.05) is 29.3 Å². The van der Waals surface area contributed by atoms with Crippen molar-refractivity contribution in [3.63, 3.8) is 0 Å². The Labute approximate surface area is 223 Å². The average Bonchev–Trinajstić information content (AvgIpc) is 2.79. The molecule has 0 spiro atoms. The fraction of sp³-hybridized carbons (Fsp3) is 0.0833. The van der Waals surface area contributed by atoms with Gasteiger partial charge in [-0.3, -0.25) is 4.79 Å². The van der Waals surface area contributed by atoms with Gasteiger partial charge in [0.1, 0.15) is 29.7 Å². The van der Waals surface area contributed by atoms with Gasteiger partial charge in [0.25, 0.3) is 5.91 Å². The molecule has 1 N–H and O–H groups in total. The van der Waals surface area contributed by atoms with Crippen molar-refractivity contribution >= 4 is 79.4 Å². The molecule has 9 heteroatoms. The molecular weight excluding hydrogens is 642 g/mol. The molecule has 0 fully saturated rings. The molecule has 33 heavy (non-hydrogen) atoms. The molecule has 0 bridgehead atoms. The van der Waals surface area contributed by atoms with E-state index in [4.69, 9.17) is 32.7 Å². The molecule has 3 aromatic carbocycles. The lowest BCUT2D eigenvalue weighted by Crippen LogP contribution is -2.13. The van der Waals surface area contributed by atoms with Gasteiger partial charge in [0.2, 0.25) is 0 Å². The molecule has 0 radical (unpaired) electrons. The Morgan fingerprint density at radius 2 is 1.88 bits per heavy atom. The summed E-state index contributed by atoms with van der Waals surface area (Å²) < 4.78 is 12.5. The lowest BCUT2D eigenvalue weighted by atomic mass is 10.1. The summed E-state index contributed by atoms with van der Waals surface area (Å²) in [4.78, 5) is 12.6. The third-order valence-electron chi connectivity index (χ3n) is 4.41. The largest absolute Gasteiger partial charge is 0.497 e. The molecule has 0 atom stereocenters. The van der Waals surface area contributed by atoms with Gasteiger partial charge in [-0.05, 0) is 104 Å². The van der Waals surface area contributed by atoms with Crippen LogP contribution in [0.4, 0.5) is 5.69 Å². The van der Waals surface area contributed by atoms with Crippen molar-refractivity contribution in [3.05, 3.63) is 89.4 Å². The highest BCUT2D eigenvalue weighted by molar-refractivity contribution is 14.1. The number of rotatable bonds is 7. The number of anilines is 1. The van der Waals surface area contributed by atoms with Crippen LogP contribution in [0.1, 0.15) is 11.1 Å². The van der Waals surface area contributed by atoms with Crippen molar-refractivity contribution in [3.8, 4) is 17.6 Å². The number of hydrogen-bond donors (Lipinski definition) is 1. The Bertz CT molecular complexity index is 1230. The highest BCUT2D eigenvalue weighted by Gasteiger charge is 2.13. The van der Waals surface area contributed by atoms with Gasteiger partial charge in [-0.2, -0.15) is 5.26 Å². The number of carbonyl (C=O) groups excluding carboxylic acids is 1. The summed E-state index contributed by atoms with van der Waals surface area (Å²) in [5.74, 6) is 0.804. The van der Waals surface area contributed by atoms with Gasteiger partial charge < -0.3 is 14.8 Å². The van der Waals surface area contributed by atoms with Crippen LogP contribution >= 0.6 is 61.7 Å². The normalized spacial score (nSPS) is 11.0. The standard InChI is InChI=1S/C24H16BrCl2IN2O3/c1-32-18-5-3-17(4-6-18)30-24(31)16(12-29)8-15-9-19(25)23(22(28)11-15)33-13-14-2-7-20(26)21(27)10-14/h2-11H,13H2,1H3,(H,30,31)/b16-8-. The Balaban J connectivity index is 1.75. The van der Waals surface area contributed by atoms with Crippen LogP contribution in [0.2, 0.25) is 10.0 Å². The summed E-state index contributed by atoms with van der Waals surface area (Å²) in [7, 11) is 1.56. The number of hydrogen-bond acceptors (Lipinski definition) is 4. The van der Waals surface area contributed by atoms with Crippen molar-refractivity contribution in [1.82, 2.24) is 0 Å². The van der Waals surface area contributed by atoms with E-state index >= 15 is 0 Å². The summed E-state index contributed by atoms with van der Waals surface area (Å²) in [5, 5.41) is 13.2. The van der Waals surface area contributed by atoms with Gasteiger partial charge in [-0.25, -0.2) is 0 Å². The van der Waals surface area contributed by atoms with Crippen LogP contribution in [0.15, 0.2) is 64.6 Å². The number of methoxy groups -OCH3 is 1. The summed E-state index contributed by atoms with van der Waals surface area (Å²) in [6.07, 6.45) is 1.52. The maximum Gasteiger partial charge on any atom is 0.266 e. The first-order chi connectivity index (χ1) is 15.8. The van der Waals surface area contributed by atoms with Crippen LogP contribution in [-0.2, 0) is 11.4 Å². The van der Waals surface area contributed by atoms with E-state index in [2.05, 4.69) is 43.8 Å². The first kappa shape index (κ1) is 25.4. The quantitative estimate of drug-likeness (QED) is 0.162. The minimum atomic E-state index is -0.506. The second-order valence-corrected chi connectivity index (χ2v) is 9.53. The minimum Gasteiger partial charge on any atom is -0.497 e. The number of nitrogens with one attached hydrogen (secondary N) is 1. The fourth-order valence-electron chi connectivity index (χ4n) is 2.77. The topological polar surface area (TPSA) is 71.3 Å². The Morgan fingerprint density at radius 1 is 1.15 bits per heavy atom. The van der Waals surface area contributed by atoms with Crippen molar-refractivity contribution in [2.45, 2.75) is 6.61 Å². The van der Waals surface area contributed by atoms with Crippen LogP contribution in [0.25, 0.3) is 6.08 Å². The molecule has 0 aliphatic carbocycles. The molecular formula is C24H16BrCl2IN2O3. The number of nitriles is 1.